The van der Waals surface area contributed by atoms with Crippen LogP contribution in [0.25, 0.3) is 22.3 Å². The number of hydrogen-bond donors (Lipinski definition) is 1. The maximum Gasteiger partial charge on any atom is 0.0436 e. The summed E-state index contributed by atoms with van der Waals surface area (Å²) in [5.74, 6) is 0. The molecule has 1 aliphatic rings. The van der Waals surface area contributed by atoms with Crippen molar-refractivity contribution >= 4 is 5.69 Å². The molecule has 0 heterocycles. The van der Waals surface area contributed by atoms with Gasteiger partial charge in [-0.3, -0.25) is 0 Å². The van der Waals surface area contributed by atoms with E-state index in [1.54, 1.807) is 0 Å². The molecule has 130 valence electrons. The second kappa shape index (κ2) is 5.85. The molecule has 2 N–H and O–H groups in total. The van der Waals surface area contributed by atoms with Crippen molar-refractivity contribution in [1.82, 2.24) is 0 Å². The lowest BCUT2D eigenvalue weighted by molar-refractivity contribution is 0.714. The van der Waals surface area contributed by atoms with Crippen LogP contribution < -0.4 is 5.73 Å². The van der Waals surface area contributed by atoms with Gasteiger partial charge in [0.05, 0.1) is 0 Å². The van der Waals surface area contributed by atoms with Crippen LogP contribution in [-0.2, 0) is 5.41 Å². The highest BCUT2D eigenvalue weighted by Gasteiger charge is 2.40. The minimum atomic E-state index is -0.216. The van der Waals surface area contributed by atoms with Crippen molar-refractivity contribution in [2.24, 2.45) is 0 Å². The minimum Gasteiger partial charge on any atom is -0.399 e. The van der Waals surface area contributed by atoms with Crippen LogP contribution in [0.2, 0.25) is 0 Å². The Balaban J connectivity index is 1.81. The molecule has 1 aliphatic carbocycles. The highest BCUT2D eigenvalue weighted by Crippen LogP contribution is 2.53. The Bertz CT molecular complexity index is 1130. The lowest BCUT2D eigenvalue weighted by Gasteiger charge is -2.28. The predicted molar refractivity (Wildman–Crippen MR) is 114 cm³/mol. The summed E-state index contributed by atoms with van der Waals surface area (Å²) in [5, 5.41) is 0. The first-order valence-corrected chi connectivity index (χ1v) is 9.34. The summed E-state index contributed by atoms with van der Waals surface area (Å²) in [6, 6.07) is 34.5. The number of benzene rings is 4. The first-order chi connectivity index (χ1) is 13.2. The second-order valence-electron chi connectivity index (χ2n) is 7.42. The number of anilines is 1. The Morgan fingerprint density at radius 2 is 1.19 bits per heavy atom. The van der Waals surface area contributed by atoms with E-state index < -0.39 is 0 Å². The van der Waals surface area contributed by atoms with Gasteiger partial charge in [0.25, 0.3) is 0 Å². The van der Waals surface area contributed by atoms with E-state index in [1.807, 2.05) is 6.07 Å². The molecule has 27 heavy (non-hydrogen) atoms. The Kier molecular flexibility index (Phi) is 3.45. The standard InChI is InChI=1S/C26H21N/c1-26(20-10-6-3-7-11-20)24-16-19(18-8-4-2-5-9-18)12-14-22(24)23-15-13-21(27)17-25(23)26/h2-17H,27H2,1H3. The maximum absolute atomic E-state index is 6.19. The third kappa shape index (κ3) is 2.32. The second-order valence-corrected chi connectivity index (χ2v) is 7.42. The van der Waals surface area contributed by atoms with Gasteiger partial charge in [0.2, 0.25) is 0 Å². The number of nitrogen functional groups attached to an aromatic ring is 1. The van der Waals surface area contributed by atoms with E-state index in [1.165, 1.54) is 38.9 Å². The molecule has 5 rings (SSSR count). The smallest absolute Gasteiger partial charge is 0.0436 e. The summed E-state index contributed by atoms with van der Waals surface area (Å²) in [6.45, 7) is 2.32. The van der Waals surface area contributed by atoms with Crippen LogP contribution in [0.4, 0.5) is 5.69 Å². The summed E-state index contributed by atoms with van der Waals surface area (Å²) < 4.78 is 0. The van der Waals surface area contributed by atoms with E-state index in [0.29, 0.717) is 0 Å². The van der Waals surface area contributed by atoms with Crippen LogP contribution in [0.15, 0.2) is 97.1 Å². The Hall–Kier alpha value is -3.32. The monoisotopic (exact) mass is 347 g/mol. The largest absolute Gasteiger partial charge is 0.399 e. The van der Waals surface area contributed by atoms with Crippen LogP contribution in [0, 0.1) is 0 Å². The predicted octanol–water partition coefficient (Wildman–Crippen LogP) is 6.27. The molecule has 4 aromatic carbocycles. The van der Waals surface area contributed by atoms with Crippen LogP contribution in [0.1, 0.15) is 23.6 Å². The molecule has 0 spiro atoms. The number of hydrogen-bond acceptors (Lipinski definition) is 1. The summed E-state index contributed by atoms with van der Waals surface area (Å²) in [7, 11) is 0. The minimum absolute atomic E-state index is 0.216. The molecule has 0 saturated carbocycles. The van der Waals surface area contributed by atoms with Crippen molar-refractivity contribution in [3.8, 4) is 22.3 Å². The molecule has 0 saturated heterocycles. The van der Waals surface area contributed by atoms with Gasteiger partial charge in [-0.25, -0.2) is 0 Å². The molecule has 0 aromatic heterocycles. The van der Waals surface area contributed by atoms with Gasteiger partial charge in [0, 0.05) is 11.1 Å². The molecule has 0 fully saturated rings. The van der Waals surface area contributed by atoms with Crippen molar-refractivity contribution in [1.29, 1.82) is 0 Å². The normalized spacial score (nSPS) is 17.4. The highest BCUT2D eigenvalue weighted by atomic mass is 14.6. The molecule has 4 aromatic rings. The van der Waals surface area contributed by atoms with Crippen molar-refractivity contribution < 1.29 is 0 Å². The van der Waals surface area contributed by atoms with Gasteiger partial charge in [-0.05, 0) is 64.1 Å². The lowest BCUT2D eigenvalue weighted by Crippen LogP contribution is -2.22. The molecule has 1 unspecified atom stereocenters. The van der Waals surface area contributed by atoms with E-state index in [2.05, 4.69) is 97.9 Å². The zero-order valence-electron chi connectivity index (χ0n) is 15.3. The first kappa shape index (κ1) is 15.9. The van der Waals surface area contributed by atoms with Gasteiger partial charge in [0.15, 0.2) is 0 Å². The molecular formula is C26H21N. The van der Waals surface area contributed by atoms with Crippen molar-refractivity contribution in [2.75, 3.05) is 5.73 Å². The van der Waals surface area contributed by atoms with Crippen LogP contribution in [-0.4, -0.2) is 0 Å². The van der Waals surface area contributed by atoms with E-state index in [4.69, 9.17) is 5.73 Å². The topological polar surface area (TPSA) is 26.0 Å². The zero-order chi connectivity index (χ0) is 18.4. The summed E-state index contributed by atoms with van der Waals surface area (Å²) >= 11 is 0. The Morgan fingerprint density at radius 1 is 0.593 bits per heavy atom. The van der Waals surface area contributed by atoms with Crippen molar-refractivity contribution in [2.45, 2.75) is 12.3 Å². The quantitative estimate of drug-likeness (QED) is 0.425. The molecule has 0 aliphatic heterocycles. The first-order valence-electron chi connectivity index (χ1n) is 9.34. The van der Waals surface area contributed by atoms with Crippen LogP contribution in [0.5, 0.6) is 0 Å². The molecule has 0 amide bonds. The van der Waals surface area contributed by atoms with Gasteiger partial charge >= 0.3 is 0 Å². The van der Waals surface area contributed by atoms with E-state index in [-0.39, 0.29) is 5.41 Å². The number of nitrogens with two attached hydrogens (primary N) is 1. The summed E-state index contributed by atoms with van der Waals surface area (Å²) in [5.41, 5.74) is 15.8. The lowest BCUT2D eigenvalue weighted by atomic mass is 9.74. The maximum atomic E-state index is 6.19. The third-order valence-electron chi connectivity index (χ3n) is 5.89. The average Bonchev–Trinajstić information content (AvgIpc) is 2.98. The summed E-state index contributed by atoms with van der Waals surface area (Å²) in [4.78, 5) is 0. The molecule has 0 radical (unpaired) electrons. The van der Waals surface area contributed by atoms with Crippen LogP contribution in [0.3, 0.4) is 0 Å². The summed E-state index contributed by atoms with van der Waals surface area (Å²) in [6.07, 6.45) is 0. The number of fused-ring (bicyclic) bond motifs is 3. The van der Waals surface area contributed by atoms with Gasteiger partial charge in [-0.2, -0.15) is 0 Å². The molecule has 1 heteroatoms. The Labute approximate surface area is 160 Å². The SMILES string of the molecule is CC1(c2ccccc2)c2cc(N)ccc2-c2ccc(-c3ccccc3)cc21. The highest BCUT2D eigenvalue weighted by molar-refractivity contribution is 5.86. The van der Waals surface area contributed by atoms with Gasteiger partial charge in [-0.15, -0.1) is 0 Å². The molecular weight excluding hydrogens is 326 g/mol. The van der Waals surface area contributed by atoms with E-state index >= 15 is 0 Å². The average molecular weight is 347 g/mol. The van der Waals surface area contributed by atoms with Crippen molar-refractivity contribution in [3.05, 3.63) is 114 Å². The van der Waals surface area contributed by atoms with Gasteiger partial charge < -0.3 is 5.73 Å². The third-order valence-corrected chi connectivity index (χ3v) is 5.89. The fraction of sp³-hybridized carbons (Fsp3) is 0.0769. The molecule has 1 atom stereocenters. The fourth-order valence-electron chi connectivity index (χ4n) is 4.44. The molecule has 1 nitrogen and oxygen atoms in total. The Morgan fingerprint density at radius 3 is 1.89 bits per heavy atom. The van der Waals surface area contributed by atoms with Crippen molar-refractivity contribution in [3.63, 3.8) is 0 Å². The van der Waals surface area contributed by atoms with Gasteiger partial charge in [-0.1, -0.05) is 78.9 Å². The van der Waals surface area contributed by atoms with E-state index in [9.17, 15) is 0 Å². The van der Waals surface area contributed by atoms with Gasteiger partial charge in [0.1, 0.15) is 0 Å². The van der Waals surface area contributed by atoms with E-state index in [0.717, 1.165) is 5.69 Å². The zero-order valence-corrected chi connectivity index (χ0v) is 15.3. The van der Waals surface area contributed by atoms with Crippen LogP contribution >= 0.6 is 0 Å². The molecule has 0 bridgehead atoms. The fourth-order valence-corrected chi connectivity index (χ4v) is 4.44. The number of rotatable bonds is 2.